The van der Waals surface area contributed by atoms with Crippen molar-refractivity contribution < 1.29 is 14.7 Å². The largest absolute Gasteiger partial charge is 0.378 e. The van der Waals surface area contributed by atoms with Gasteiger partial charge < -0.3 is 14.9 Å². The Morgan fingerprint density at radius 2 is 1.73 bits per heavy atom. The first kappa shape index (κ1) is 18.9. The molecule has 0 spiro atoms. The van der Waals surface area contributed by atoms with Crippen molar-refractivity contribution in [1.82, 2.24) is 14.7 Å². The van der Waals surface area contributed by atoms with Gasteiger partial charge in [-0.25, -0.2) is 0 Å². The molecule has 2 aliphatic rings. The van der Waals surface area contributed by atoms with E-state index in [0.717, 1.165) is 26.1 Å². The van der Waals surface area contributed by atoms with Crippen molar-refractivity contribution in [1.29, 1.82) is 0 Å². The predicted molar refractivity (Wildman–Crippen MR) is 99.6 cm³/mol. The summed E-state index contributed by atoms with van der Waals surface area (Å²) in [5.74, 6) is -0.298. The number of carbonyl (C=O) groups is 2. The number of likely N-dealkylation sites (tertiary alicyclic amines) is 1. The number of amides is 2. The smallest absolute Gasteiger partial charge is 0.256 e. The third-order valence-corrected chi connectivity index (χ3v) is 5.53. The first-order valence-electron chi connectivity index (χ1n) is 9.51. The van der Waals surface area contributed by atoms with Crippen molar-refractivity contribution >= 4 is 11.8 Å². The number of piperidine rings is 1. The van der Waals surface area contributed by atoms with E-state index in [-0.39, 0.29) is 18.4 Å². The van der Waals surface area contributed by atoms with Gasteiger partial charge in [-0.05, 0) is 24.8 Å². The highest BCUT2D eigenvalue weighted by atomic mass is 16.3. The van der Waals surface area contributed by atoms with E-state index in [1.807, 2.05) is 6.07 Å². The Labute approximate surface area is 155 Å². The van der Waals surface area contributed by atoms with Crippen LogP contribution in [0.1, 0.15) is 25.3 Å². The Hall–Kier alpha value is -1.92. The van der Waals surface area contributed by atoms with Gasteiger partial charge in [0.25, 0.3) is 5.91 Å². The average Bonchev–Trinajstić information content (AvgIpc) is 2.67. The molecule has 6 heteroatoms. The monoisotopic (exact) mass is 359 g/mol. The van der Waals surface area contributed by atoms with Crippen LogP contribution in [0.2, 0.25) is 0 Å². The minimum absolute atomic E-state index is 0.0818. The standard InChI is InChI=1S/C20H29N3O3/c1-17(24)23-10-5-9-20(26,16-23)19(25)22-14-12-21(13-15-22)11-8-18-6-3-2-4-7-18/h2-4,6-7,26H,5,8-16H2,1H3/t20-/m0/s1. The third-order valence-electron chi connectivity index (χ3n) is 5.53. The fourth-order valence-electron chi connectivity index (χ4n) is 3.88. The molecule has 0 saturated carbocycles. The van der Waals surface area contributed by atoms with Crippen LogP contribution in [0.25, 0.3) is 0 Å². The zero-order chi connectivity index (χ0) is 18.6. The first-order chi connectivity index (χ1) is 12.5. The molecule has 1 N–H and O–H groups in total. The molecule has 2 heterocycles. The lowest BCUT2D eigenvalue weighted by atomic mass is 9.91. The normalized spacial score (nSPS) is 24.5. The van der Waals surface area contributed by atoms with Crippen LogP contribution in [0.3, 0.4) is 0 Å². The van der Waals surface area contributed by atoms with E-state index in [1.165, 1.54) is 12.5 Å². The van der Waals surface area contributed by atoms with Crippen LogP contribution >= 0.6 is 0 Å². The highest BCUT2D eigenvalue weighted by Gasteiger charge is 2.43. The van der Waals surface area contributed by atoms with Gasteiger partial charge in [0.05, 0.1) is 6.54 Å². The van der Waals surface area contributed by atoms with Crippen LogP contribution in [0.15, 0.2) is 30.3 Å². The van der Waals surface area contributed by atoms with Gasteiger partial charge in [-0.2, -0.15) is 0 Å². The molecule has 2 saturated heterocycles. The summed E-state index contributed by atoms with van der Waals surface area (Å²) in [4.78, 5) is 30.2. The Morgan fingerprint density at radius 1 is 1.04 bits per heavy atom. The van der Waals surface area contributed by atoms with Crippen LogP contribution in [0, 0.1) is 0 Å². The van der Waals surface area contributed by atoms with E-state index in [0.29, 0.717) is 32.5 Å². The Balaban J connectivity index is 1.49. The lowest BCUT2D eigenvalue weighted by molar-refractivity contribution is -0.161. The van der Waals surface area contributed by atoms with Gasteiger partial charge in [0.2, 0.25) is 5.91 Å². The summed E-state index contributed by atoms with van der Waals surface area (Å²) in [6.45, 7) is 6.13. The molecule has 2 fully saturated rings. The molecule has 0 unspecified atom stereocenters. The Morgan fingerprint density at radius 3 is 2.38 bits per heavy atom. The quantitative estimate of drug-likeness (QED) is 0.862. The summed E-state index contributed by atoms with van der Waals surface area (Å²) in [6, 6.07) is 10.4. The second kappa shape index (κ2) is 8.18. The molecular formula is C20H29N3O3. The van der Waals surface area contributed by atoms with Crippen LogP contribution < -0.4 is 0 Å². The van der Waals surface area contributed by atoms with Crippen molar-refractivity contribution in [2.45, 2.75) is 31.8 Å². The summed E-state index contributed by atoms with van der Waals surface area (Å²) >= 11 is 0. The van der Waals surface area contributed by atoms with Crippen molar-refractivity contribution in [2.75, 3.05) is 45.8 Å². The van der Waals surface area contributed by atoms with Gasteiger partial charge in [0, 0.05) is 46.2 Å². The number of β-amino-alcohol motifs (C(OH)–C–C–N with tert-alkyl or cyclic N) is 1. The van der Waals surface area contributed by atoms with Crippen LogP contribution in [0.5, 0.6) is 0 Å². The van der Waals surface area contributed by atoms with E-state index in [2.05, 4.69) is 29.2 Å². The SMILES string of the molecule is CC(=O)N1CCC[C@@](O)(C(=O)N2CCN(CCc3ccccc3)CC2)C1. The maximum absolute atomic E-state index is 12.8. The average molecular weight is 359 g/mol. The zero-order valence-electron chi connectivity index (χ0n) is 15.6. The lowest BCUT2D eigenvalue weighted by Crippen LogP contribution is -2.61. The van der Waals surface area contributed by atoms with Crippen molar-refractivity contribution in [3.63, 3.8) is 0 Å². The summed E-state index contributed by atoms with van der Waals surface area (Å²) in [5, 5.41) is 10.8. The molecule has 26 heavy (non-hydrogen) atoms. The lowest BCUT2D eigenvalue weighted by Gasteiger charge is -2.42. The van der Waals surface area contributed by atoms with E-state index in [4.69, 9.17) is 0 Å². The molecule has 0 bridgehead atoms. The highest BCUT2D eigenvalue weighted by Crippen LogP contribution is 2.24. The van der Waals surface area contributed by atoms with Crippen LogP contribution in [-0.4, -0.2) is 83.0 Å². The molecule has 2 aliphatic heterocycles. The molecule has 6 nitrogen and oxygen atoms in total. The molecular weight excluding hydrogens is 330 g/mol. The molecule has 1 atom stereocenters. The van der Waals surface area contributed by atoms with Crippen molar-refractivity contribution in [2.24, 2.45) is 0 Å². The molecule has 3 rings (SSSR count). The van der Waals surface area contributed by atoms with E-state index < -0.39 is 5.60 Å². The highest BCUT2D eigenvalue weighted by molar-refractivity contribution is 5.86. The number of carbonyl (C=O) groups excluding carboxylic acids is 2. The van der Waals surface area contributed by atoms with Crippen LogP contribution in [-0.2, 0) is 16.0 Å². The maximum atomic E-state index is 12.8. The number of hydrogen-bond acceptors (Lipinski definition) is 4. The van der Waals surface area contributed by atoms with Gasteiger partial charge in [-0.3, -0.25) is 14.5 Å². The van der Waals surface area contributed by atoms with Crippen molar-refractivity contribution in [3.05, 3.63) is 35.9 Å². The van der Waals surface area contributed by atoms with Gasteiger partial charge in [-0.1, -0.05) is 30.3 Å². The second-order valence-electron chi connectivity index (χ2n) is 7.45. The number of aliphatic hydroxyl groups is 1. The Kier molecular flexibility index (Phi) is 5.94. The molecule has 0 radical (unpaired) electrons. The maximum Gasteiger partial charge on any atom is 0.256 e. The van der Waals surface area contributed by atoms with Gasteiger partial charge in [0.1, 0.15) is 0 Å². The van der Waals surface area contributed by atoms with Gasteiger partial charge in [-0.15, -0.1) is 0 Å². The summed E-state index contributed by atoms with van der Waals surface area (Å²) in [6.07, 6.45) is 2.11. The number of benzene rings is 1. The molecule has 1 aromatic rings. The predicted octanol–water partition coefficient (Wildman–Crippen LogP) is 0.747. The second-order valence-corrected chi connectivity index (χ2v) is 7.45. The minimum atomic E-state index is -1.42. The fourth-order valence-corrected chi connectivity index (χ4v) is 3.88. The third kappa shape index (κ3) is 4.43. The summed E-state index contributed by atoms with van der Waals surface area (Å²) in [5.41, 5.74) is -0.0947. The summed E-state index contributed by atoms with van der Waals surface area (Å²) < 4.78 is 0. The van der Waals surface area contributed by atoms with Crippen LogP contribution in [0.4, 0.5) is 0 Å². The van der Waals surface area contributed by atoms with Crippen molar-refractivity contribution in [3.8, 4) is 0 Å². The van der Waals surface area contributed by atoms with Gasteiger partial charge >= 0.3 is 0 Å². The molecule has 1 aromatic carbocycles. The molecule has 0 aliphatic carbocycles. The molecule has 142 valence electrons. The first-order valence-corrected chi connectivity index (χ1v) is 9.51. The number of rotatable bonds is 4. The summed E-state index contributed by atoms with van der Waals surface area (Å²) in [7, 11) is 0. The Bertz CT molecular complexity index is 628. The number of hydrogen-bond donors (Lipinski definition) is 1. The van der Waals surface area contributed by atoms with E-state index in [9.17, 15) is 14.7 Å². The number of nitrogens with zero attached hydrogens (tertiary/aromatic N) is 3. The fraction of sp³-hybridized carbons (Fsp3) is 0.600. The number of piperazine rings is 1. The minimum Gasteiger partial charge on any atom is -0.378 e. The molecule has 0 aromatic heterocycles. The topological polar surface area (TPSA) is 64.1 Å². The van der Waals surface area contributed by atoms with E-state index in [1.54, 1.807) is 9.80 Å². The van der Waals surface area contributed by atoms with Gasteiger partial charge in [0.15, 0.2) is 5.60 Å². The molecule has 2 amide bonds. The zero-order valence-corrected chi connectivity index (χ0v) is 15.6. The van der Waals surface area contributed by atoms with E-state index >= 15 is 0 Å².